The molecule has 1 fully saturated rings. The molecule has 1 aliphatic rings. The second-order valence-corrected chi connectivity index (χ2v) is 5.50. The Morgan fingerprint density at radius 1 is 1.21 bits per heavy atom. The van der Waals surface area contributed by atoms with Gasteiger partial charge in [-0.1, -0.05) is 12.5 Å². The van der Waals surface area contributed by atoms with E-state index in [9.17, 15) is 0 Å². The molecule has 0 heterocycles. The third kappa shape index (κ3) is 3.87. The van der Waals surface area contributed by atoms with Gasteiger partial charge in [-0.25, -0.2) is 0 Å². The highest BCUT2D eigenvalue weighted by molar-refractivity contribution is 5.43. The summed E-state index contributed by atoms with van der Waals surface area (Å²) in [6.07, 6.45) is 5.23. The predicted octanol–water partition coefficient (Wildman–Crippen LogP) is 3.02. The van der Waals surface area contributed by atoms with Crippen LogP contribution in [-0.2, 0) is 6.42 Å². The van der Waals surface area contributed by atoms with E-state index in [-0.39, 0.29) is 0 Å². The van der Waals surface area contributed by atoms with Crippen LogP contribution in [0.25, 0.3) is 0 Å². The van der Waals surface area contributed by atoms with Crippen molar-refractivity contribution in [2.75, 3.05) is 20.8 Å². The molecule has 1 aliphatic carbocycles. The first-order valence-corrected chi connectivity index (χ1v) is 7.17. The molecule has 0 aromatic heterocycles. The van der Waals surface area contributed by atoms with Crippen LogP contribution in [0.1, 0.15) is 31.7 Å². The summed E-state index contributed by atoms with van der Waals surface area (Å²) in [4.78, 5) is 0. The summed E-state index contributed by atoms with van der Waals surface area (Å²) in [5.74, 6) is 2.51. The monoisotopic (exact) mass is 263 g/mol. The first-order valence-electron chi connectivity index (χ1n) is 7.17. The second-order valence-electron chi connectivity index (χ2n) is 5.50. The molecule has 2 rings (SSSR count). The van der Waals surface area contributed by atoms with Gasteiger partial charge in [-0.05, 0) is 56.3 Å². The molecule has 3 nitrogen and oxygen atoms in total. The van der Waals surface area contributed by atoms with E-state index in [0.717, 1.165) is 30.4 Å². The minimum Gasteiger partial charge on any atom is -0.493 e. The topological polar surface area (TPSA) is 30.5 Å². The lowest BCUT2D eigenvalue weighted by atomic mass is 9.85. The van der Waals surface area contributed by atoms with E-state index in [0.29, 0.717) is 6.04 Å². The van der Waals surface area contributed by atoms with Crippen molar-refractivity contribution in [3.8, 4) is 11.5 Å². The number of benzene rings is 1. The first kappa shape index (κ1) is 14.2. The van der Waals surface area contributed by atoms with Crippen LogP contribution in [-0.4, -0.2) is 26.8 Å². The Balaban J connectivity index is 1.86. The average Bonchev–Trinajstić information content (AvgIpc) is 2.36. The van der Waals surface area contributed by atoms with Crippen molar-refractivity contribution in [3.63, 3.8) is 0 Å². The third-order valence-electron chi connectivity index (χ3n) is 3.97. The van der Waals surface area contributed by atoms with Crippen molar-refractivity contribution in [2.24, 2.45) is 5.92 Å². The molecule has 1 N–H and O–H groups in total. The van der Waals surface area contributed by atoms with Crippen LogP contribution in [0.5, 0.6) is 11.5 Å². The zero-order valence-electron chi connectivity index (χ0n) is 12.2. The smallest absolute Gasteiger partial charge is 0.160 e. The number of rotatable bonds is 7. The van der Waals surface area contributed by atoms with Crippen LogP contribution < -0.4 is 14.8 Å². The third-order valence-corrected chi connectivity index (χ3v) is 3.97. The van der Waals surface area contributed by atoms with E-state index in [1.165, 1.54) is 24.8 Å². The quantitative estimate of drug-likeness (QED) is 0.820. The molecule has 1 unspecified atom stereocenters. The van der Waals surface area contributed by atoms with Crippen molar-refractivity contribution in [1.82, 2.24) is 5.32 Å². The van der Waals surface area contributed by atoms with Gasteiger partial charge < -0.3 is 14.8 Å². The Labute approximate surface area is 116 Å². The van der Waals surface area contributed by atoms with Crippen molar-refractivity contribution in [3.05, 3.63) is 23.8 Å². The van der Waals surface area contributed by atoms with Gasteiger partial charge in [-0.3, -0.25) is 0 Å². The second kappa shape index (κ2) is 6.80. The number of nitrogens with one attached hydrogen (secondary N) is 1. The molecular weight excluding hydrogens is 238 g/mol. The van der Waals surface area contributed by atoms with E-state index in [2.05, 4.69) is 24.4 Å². The molecule has 19 heavy (non-hydrogen) atoms. The summed E-state index contributed by atoms with van der Waals surface area (Å²) < 4.78 is 10.6. The van der Waals surface area contributed by atoms with Crippen molar-refractivity contribution in [2.45, 2.75) is 38.6 Å². The standard InChI is InChI=1S/C16H25NO2/c1-12(17-11-13-5-4-6-13)9-14-7-8-15(18-2)16(10-14)19-3/h7-8,10,12-13,17H,4-6,9,11H2,1-3H3. The average molecular weight is 263 g/mol. The minimum atomic E-state index is 0.499. The molecule has 0 amide bonds. The maximum absolute atomic E-state index is 5.34. The maximum Gasteiger partial charge on any atom is 0.160 e. The highest BCUT2D eigenvalue weighted by Gasteiger charge is 2.17. The Morgan fingerprint density at radius 2 is 1.95 bits per heavy atom. The van der Waals surface area contributed by atoms with Crippen LogP contribution in [0.3, 0.4) is 0 Å². The van der Waals surface area contributed by atoms with Gasteiger partial charge in [0.1, 0.15) is 0 Å². The molecule has 0 radical (unpaired) electrons. The zero-order valence-corrected chi connectivity index (χ0v) is 12.2. The largest absolute Gasteiger partial charge is 0.493 e. The van der Waals surface area contributed by atoms with Crippen LogP contribution >= 0.6 is 0 Å². The predicted molar refractivity (Wildman–Crippen MR) is 78.1 cm³/mol. The molecule has 3 heteroatoms. The van der Waals surface area contributed by atoms with Gasteiger partial charge in [0.2, 0.25) is 0 Å². The Morgan fingerprint density at radius 3 is 2.53 bits per heavy atom. The van der Waals surface area contributed by atoms with E-state index < -0.39 is 0 Å². The van der Waals surface area contributed by atoms with Crippen LogP contribution in [0.15, 0.2) is 18.2 Å². The van der Waals surface area contributed by atoms with Crippen LogP contribution in [0.2, 0.25) is 0 Å². The van der Waals surface area contributed by atoms with Crippen molar-refractivity contribution in [1.29, 1.82) is 0 Å². The van der Waals surface area contributed by atoms with Crippen LogP contribution in [0.4, 0.5) is 0 Å². The van der Waals surface area contributed by atoms with Crippen LogP contribution in [0, 0.1) is 5.92 Å². The maximum atomic E-state index is 5.34. The Hall–Kier alpha value is -1.22. The number of hydrogen-bond donors (Lipinski definition) is 1. The molecule has 0 aliphatic heterocycles. The molecule has 1 saturated carbocycles. The fraction of sp³-hybridized carbons (Fsp3) is 0.625. The lowest BCUT2D eigenvalue weighted by Crippen LogP contribution is -2.34. The molecule has 1 atom stereocenters. The summed E-state index contributed by atoms with van der Waals surface area (Å²) in [6.45, 7) is 3.41. The van der Waals surface area contributed by atoms with Gasteiger partial charge in [-0.2, -0.15) is 0 Å². The summed E-state index contributed by atoms with van der Waals surface area (Å²) in [7, 11) is 3.35. The fourth-order valence-corrected chi connectivity index (χ4v) is 2.50. The Kier molecular flexibility index (Phi) is 5.08. The van der Waals surface area contributed by atoms with E-state index in [4.69, 9.17) is 9.47 Å². The first-order chi connectivity index (χ1) is 9.22. The highest BCUT2D eigenvalue weighted by atomic mass is 16.5. The summed E-state index contributed by atoms with van der Waals surface area (Å²) in [5.41, 5.74) is 1.28. The van der Waals surface area contributed by atoms with Gasteiger partial charge in [0.25, 0.3) is 0 Å². The summed E-state index contributed by atoms with van der Waals surface area (Å²) in [5, 5.41) is 3.63. The zero-order chi connectivity index (χ0) is 13.7. The van der Waals surface area contributed by atoms with Crippen molar-refractivity contribution >= 4 is 0 Å². The van der Waals surface area contributed by atoms with Crippen molar-refractivity contribution < 1.29 is 9.47 Å². The number of methoxy groups -OCH3 is 2. The molecular formula is C16H25NO2. The lowest BCUT2D eigenvalue weighted by molar-refractivity contribution is 0.291. The fourth-order valence-electron chi connectivity index (χ4n) is 2.50. The SMILES string of the molecule is COc1ccc(CC(C)NCC2CCC2)cc1OC. The number of hydrogen-bond acceptors (Lipinski definition) is 3. The van der Waals surface area contributed by atoms with Gasteiger partial charge in [0, 0.05) is 6.04 Å². The number of ether oxygens (including phenoxy) is 2. The molecule has 0 saturated heterocycles. The van der Waals surface area contributed by atoms with Gasteiger partial charge in [0.15, 0.2) is 11.5 Å². The molecule has 0 spiro atoms. The van der Waals surface area contributed by atoms with Gasteiger partial charge in [0.05, 0.1) is 14.2 Å². The molecule has 106 valence electrons. The summed E-state index contributed by atoms with van der Waals surface area (Å²) in [6, 6.07) is 6.66. The highest BCUT2D eigenvalue weighted by Crippen LogP contribution is 2.28. The molecule has 1 aromatic rings. The summed E-state index contributed by atoms with van der Waals surface area (Å²) >= 11 is 0. The lowest BCUT2D eigenvalue weighted by Gasteiger charge is -2.27. The van der Waals surface area contributed by atoms with Gasteiger partial charge in [-0.15, -0.1) is 0 Å². The normalized spacial score (nSPS) is 16.8. The molecule has 1 aromatic carbocycles. The molecule has 0 bridgehead atoms. The van der Waals surface area contributed by atoms with Gasteiger partial charge >= 0.3 is 0 Å². The minimum absolute atomic E-state index is 0.499. The van der Waals surface area contributed by atoms with E-state index >= 15 is 0 Å². The van der Waals surface area contributed by atoms with E-state index in [1.807, 2.05) is 6.07 Å². The Bertz CT molecular complexity index is 402. The van der Waals surface area contributed by atoms with E-state index in [1.54, 1.807) is 14.2 Å².